The average molecular weight is 487 g/mol. The standard InChI is InChI=1S/C23H23ClN4O4S/c1-3-25-20(29)14-32-18-10-9-16(12-19(18)31-2)11-17(24)22-27-28-23(33-22)21(30)26-13-15-7-5-4-6-8-15/h4-12H,3,13-14H2,1-2H3,(H,25,29)(H,26,30). The van der Waals surface area contributed by atoms with Crippen molar-refractivity contribution in [1.29, 1.82) is 0 Å². The van der Waals surface area contributed by atoms with E-state index in [0.717, 1.165) is 22.5 Å². The number of nitrogens with zero attached hydrogens (tertiary/aromatic N) is 2. The van der Waals surface area contributed by atoms with Crippen molar-refractivity contribution in [3.8, 4) is 11.5 Å². The lowest BCUT2D eigenvalue weighted by Crippen LogP contribution is -2.28. The SMILES string of the molecule is CCNC(=O)COc1ccc(C=C(Cl)c2nnc(C(=O)NCc3ccccc3)s2)cc1OC. The zero-order valence-electron chi connectivity index (χ0n) is 18.1. The van der Waals surface area contributed by atoms with Crippen LogP contribution in [0, 0.1) is 0 Å². The first kappa shape index (κ1) is 24.2. The second-order valence-electron chi connectivity index (χ2n) is 6.73. The predicted molar refractivity (Wildman–Crippen MR) is 128 cm³/mol. The molecule has 0 bridgehead atoms. The fraction of sp³-hybridized carbons (Fsp3) is 0.217. The maximum absolute atomic E-state index is 12.4. The van der Waals surface area contributed by atoms with Crippen LogP contribution in [-0.2, 0) is 11.3 Å². The minimum absolute atomic E-state index is 0.111. The first-order valence-electron chi connectivity index (χ1n) is 10.1. The van der Waals surface area contributed by atoms with E-state index in [0.29, 0.717) is 34.6 Å². The number of amides is 2. The minimum atomic E-state index is -0.317. The molecule has 0 atom stereocenters. The Hall–Kier alpha value is -3.43. The fourth-order valence-corrected chi connectivity index (χ4v) is 3.71. The Balaban J connectivity index is 1.65. The molecular weight excluding hydrogens is 464 g/mol. The van der Waals surface area contributed by atoms with Gasteiger partial charge in [0.2, 0.25) is 5.01 Å². The fourth-order valence-electron chi connectivity index (χ4n) is 2.76. The second-order valence-corrected chi connectivity index (χ2v) is 8.11. The van der Waals surface area contributed by atoms with Crippen molar-refractivity contribution in [3.05, 3.63) is 69.7 Å². The third-order valence-electron chi connectivity index (χ3n) is 4.33. The third kappa shape index (κ3) is 7.03. The van der Waals surface area contributed by atoms with Crippen LogP contribution >= 0.6 is 22.9 Å². The summed E-state index contributed by atoms with van der Waals surface area (Å²) in [6.07, 6.45) is 1.68. The summed E-state index contributed by atoms with van der Waals surface area (Å²) in [6, 6.07) is 14.8. The maximum Gasteiger partial charge on any atom is 0.282 e. The van der Waals surface area contributed by atoms with E-state index in [2.05, 4.69) is 20.8 Å². The molecule has 3 rings (SSSR count). The minimum Gasteiger partial charge on any atom is -0.493 e. The summed E-state index contributed by atoms with van der Waals surface area (Å²) in [5.74, 6) is 0.356. The highest BCUT2D eigenvalue weighted by Gasteiger charge is 2.15. The molecule has 0 aliphatic rings. The van der Waals surface area contributed by atoms with Crippen LogP contribution in [0.5, 0.6) is 11.5 Å². The van der Waals surface area contributed by atoms with Crippen LogP contribution in [0.4, 0.5) is 0 Å². The highest BCUT2D eigenvalue weighted by Crippen LogP contribution is 2.31. The van der Waals surface area contributed by atoms with E-state index >= 15 is 0 Å². The molecule has 3 aromatic rings. The number of methoxy groups -OCH3 is 1. The van der Waals surface area contributed by atoms with Crippen LogP contribution < -0.4 is 20.1 Å². The van der Waals surface area contributed by atoms with E-state index in [1.165, 1.54) is 7.11 Å². The van der Waals surface area contributed by atoms with Crippen molar-refractivity contribution in [3.63, 3.8) is 0 Å². The molecule has 0 radical (unpaired) electrons. The zero-order chi connectivity index (χ0) is 23.6. The molecule has 0 saturated heterocycles. The summed E-state index contributed by atoms with van der Waals surface area (Å²) in [5.41, 5.74) is 1.72. The normalized spacial score (nSPS) is 11.1. The Morgan fingerprint density at radius 1 is 1.06 bits per heavy atom. The smallest absolute Gasteiger partial charge is 0.282 e. The highest BCUT2D eigenvalue weighted by atomic mass is 35.5. The summed E-state index contributed by atoms with van der Waals surface area (Å²) >= 11 is 7.51. The van der Waals surface area contributed by atoms with E-state index in [1.54, 1.807) is 24.3 Å². The molecule has 0 aliphatic carbocycles. The van der Waals surface area contributed by atoms with Gasteiger partial charge in [-0.3, -0.25) is 9.59 Å². The van der Waals surface area contributed by atoms with Crippen LogP contribution in [-0.4, -0.2) is 42.3 Å². The topological polar surface area (TPSA) is 102 Å². The number of halogens is 1. The molecule has 0 spiro atoms. The summed E-state index contributed by atoms with van der Waals surface area (Å²) in [5, 5.41) is 14.4. The lowest BCUT2D eigenvalue weighted by molar-refractivity contribution is -0.123. The van der Waals surface area contributed by atoms with Crippen LogP contribution in [0.2, 0.25) is 0 Å². The number of nitrogens with one attached hydrogen (secondary N) is 2. The second kappa shape index (κ2) is 12.0. The van der Waals surface area contributed by atoms with E-state index in [1.807, 2.05) is 37.3 Å². The zero-order valence-corrected chi connectivity index (χ0v) is 19.7. The van der Waals surface area contributed by atoms with Crippen molar-refractivity contribution in [2.75, 3.05) is 20.3 Å². The number of carbonyl (C=O) groups excluding carboxylic acids is 2. The quantitative estimate of drug-likeness (QED) is 0.452. The van der Waals surface area contributed by atoms with Crippen molar-refractivity contribution in [2.24, 2.45) is 0 Å². The molecule has 0 aliphatic heterocycles. The number of carbonyl (C=O) groups is 2. The van der Waals surface area contributed by atoms with Gasteiger partial charge in [-0.15, -0.1) is 10.2 Å². The summed E-state index contributed by atoms with van der Waals surface area (Å²) < 4.78 is 10.9. The van der Waals surface area contributed by atoms with Gasteiger partial charge < -0.3 is 20.1 Å². The van der Waals surface area contributed by atoms with Crippen molar-refractivity contribution in [1.82, 2.24) is 20.8 Å². The average Bonchev–Trinajstić information content (AvgIpc) is 3.33. The maximum atomic E-state index is 12.4. The van der Waals surface area contributed by atoms with E-state index in [4.69, 9.17) is 21.1 Å². The van der Waals surface area contributed by atoms with Gasteiger partial charge in [-0.25, -0.2) is 0 Å². The Kier molecular flexibility index (Phi) is 8.79. The van der Waals surface area contributed by atoms with E-state index in [-0.39, 0.29) is 23.4 Å². The van der Waals surface area contributed by atoms with Gasteiger partial charge in [0, 0.05) is 13.1 Å². The number of likely N-dealkylation sites (N-methyl/N-ethyl adjacent to an activating group) is 1. The highest BCUT2D eigenvalue weighted by molar-refractivity contribution is 7.15. The molecule has 172 valence electrons. The Morgan fingerprint density at radius 2 is 1.82 bits per heavy atom. The monoisotopic (exact) mass is 486 g/mol. The number of hydrogen-bond acceptors (Lipinski definition) is 7. The largest absolute Gasteiger partial charge is 0.493 e. The molecule has 33 heavy (non-hydrogen) atoms. The molecular formula is C23H23ClN4O4S. The molecule has 8 nitrogen and oxygen atoms in total. The van der Waals surface area contributed by atoms with Gasteiger partial charge in [-0.2, -0.15) is 0 Å². The van der Waals surface area contributed by atoms with Crippen molar-refractivity contribution < 1.29 is 19.1 Å². The molecule has 2 N–H and O–H groups in total. The molecule has 0 saturated carbocycles. The van der Waals surface area contributed by atoms with Crippen LogP contribution in [0.3, 0.4) is 0 Å². The van der Waals surface area contributed by atoms with Crippen LogP contribution in [0.1, 0.15) is 32.9 Å². The first-order chi connectivity index (χ1) is 16.0. The first-order valence-corrected chi connectivity index (χ1v) is 11.3. The van der Waals surface area contributed by atoms with Crippen molar-refractivity contribution in [2.45, 2.75) is 13.5 Å². The van der Waals surface area contributed by atoms with Crippen LogP contribution in [0.15, 0.2) is 48.5 Å². The van der Waals surface area contributed by atoms with Gasteiger partial charge in [0.05, 0.1) is 12.1 Å². The Bertz CT molecular complexity index is 1130. The predicted octanol–water partition coefficient (Wildman–Crippen LogP) is 3.73. The summed E-state index contributed by atoms with van der Waals surface area (Å²) in [4.78, 5) is 24.0. The van der Waals surface area contributed by atoms with Gasteiger partial charge in [0.25, 0.3) is 11.8 Å². The van der Waals surface area contributed by atoms with Gasteiger partial charge in [0.15, 0.2) is 23.1 Å². The molecule has 2 aromatic carbocycles. The summed E-state index contributed by atoms with van der Waals surface area (Å²) in [6.45, 7) is 2.65. The van der Waals surface area contributed by atoms with Gasteiger partial charge >= 0.3 is 0 Å². The lowest BCUT2D eigenvalue weighted by atomic mass is 10.2. The molecule has 1 heterocycles. The number of benzene rings is 2. The molecule has 0 fully saturated rings. The summed E-state index contributed by atoms with van der Waals surface area (Å²) in [7, 11) is 1.51. The molecule has 1 aromatic heterocycles. The van der Waals surface area contributed by atoms with E-state index < -0.39 is 0 Å². The third-order valence-corrected chi connectivity index (χ3v) is 5.69. The van der Waals surface area contributed by atoms with Gasteiger partial charge in [0.1, 0.15) is 0 Å². The van der Waals surface area contributed by atoms with E-state index in [9.17, 15) is 9.59 Å². The van der Waals surface area contributed by atoms with Crippen LogP contribution in [0.25, 0.3) is 11.1 Å². The molecule has 0 unspecified atom stereocenters. The Morgan fingerprint density at radius 3 is 2.55 bits per heavy atom. The lowest BCUT2D eigenvalue weighted by Gasteiger charge is -2.11. The molecule has 10 heteroatoms. The number of rotatable bonds is 10. The van der Waals surface area contributed by atoms with Gasteiger partial charge in [-0.05, 0) is 36.3 Å². The Labute approximate surface area is 200 Å². The molecule has 2 amide bonds. The number of aromatic nitrogens is 2. The van der Waals surface area contributed by atoms with Gasteiger partial charge in [-0.1, -0.05) is 59.3 Å². The number of hydrogen-bond donors (Lipinski definition) is 2. The van der Waals surface area contributed by atoms with Crippen molar-refractivity contribution >= 4 is 45.9 Å². The number of ether oxygens (including phenoxy) is 2.